The van der Waals surface area contributed by atoms with E-state index in [1.54, 1.807) is 28.5 Å². The topological polar surface area (TPSA) is 70.3 Å². The monoisotopic (exact) mass is 415 g/mol. The molecule has 8 heteroatoms. The van der Waals surface area contributed by atoms with Crippen molar-refractivity contribution in [2.45, 2.75) is 24.5 Å². The van der Waals surface area contributed by atoms with Crippen LogP contribution in [0.1, 0.15) is 25.3 Å². The van der Waals surface area contributed by atoms with Gasteiger partial charge in [0, 0.05) is 17.9 Å². The Morgan fingerprint density at radius 2 is 2.00 bits per heavy atom. The minimum absolute atomic E-state index is 0.146. The van der Waals surface area contributed by atoms with E-state index in [-0.39, 0.29) is 19.0 Å². The summed E-state index contributed by atoms with van der Waals surface area (Å²) >= 11 is 6.72. The lowest BCUT2D eigenvalue weighted by molar-refractivity contribution is -0.143. The summed E-state index contributed by atoms with van der Waals surface area (Å²) in [7, 11) is 3.11. The molecule has 0 saturated heterocycles. The number of ether oxygens (including phenoxy) is 1. The summed E-state index contributed by atoms with van der Waals surface area (Å²) in [5.41, 5.74) is 0.906. The number of thioether (sulfide) groups is 1. The van der Waals surface area contributed by atoms with Crippen molar-refractivity contribution in [3.63, 3.8) is 0 Å². The second-order valence-electron chi connectivity index (χ2n) is 5.19. The van der Waals surface area contributed by atoms with Gasteiger partial charge in [-0.2, -0.15) is 5.26 Å². The van der Waals surface area contributed by atoms with Crippen molar-refractivity contribution < 1.29 is 14.6 Å². The van der Waals surface area contributed by atoms with E-state index < -0.39 is 4.75 Å². The molecule has 0 amide bonds. The summed E-state index contributed by atoms with van der Waals surface area (Å²) in [5.74, 6) is 1.04. The van der Waals surface area contributed by atoms with E-state index in [4.69, 9.17) is 22.1 Å². The molecule has 0 fully saturated rings. The Morgan fingerprint density at radius 3 is 2.64 bits per heavy atom. The van der Waals surface area contributed by atoms with Crippen LogP contribution in [0.25, 0.3) is 0 Å². The SMILES string of the molecule is CC(C#N)(CCC(=O)OCCSSCCO)SC(=S)c1ccccc1. The predicted molar refractivity (Wildman–Crippen MR) is 112 cm³/mol. The second-order valence-corrected chi connectivity index (χ2v) is 10.1. The molecule has 136 valence electrons. The number of nitrogens with zero attached hydrogens (tertiary/aromatic N) is 1. The number of aliphatic hydroxyl groups excluding tert-OH is 1. The molecule has 1 rings (SSSR count). The summed E-state index contributed by atoms with van der Waals surface area (Å²) in [4.78, 5) is 11.8. The van der Waals surface area contributed by atoms with Crippen LogP contribution in [-0.4, -0.2) is 44.7 Å². The van der Waals surface area contributed by atoms with Crippen molar-refractivity contribution in [1.82, 2.24) is 0 Å². The van der Waals surface area contributed by atoms with E-state index in [0.29, 0.717) is 28.7 Å². The number of hydrogen-bond donors (Lipinski definition) is 1. The van der Waals surface area contributed by atoms with Gasteiger partial charge in [-0.15, -0.1) is 0 Å². The van der Waals surface area contributed by atoms with Crippen LogP contribution in [0.2, 0.25) is 0 Å². The highest BCUT2D eigenvalue weighted by Gasteiger charge is 2.28. The van der Waals surface area contributed by atoms with E-state index in [1.807, 2.05) is 30.3 Å². The highest BCUT2D eigenvalue weighted by Crippen LogP contribution is 2.33. The summed E-state index contributed by atoms with van der Waals surface area (Å²) < 4.78 is 5.05. The Hall–Kier alpha value is -0.720. The molecule has 1 unspecified atom stereocenters. The third-order valence-electron chi connectivity index (χ3n) is 3.06. The van der Waals surface area contributed by atoms with Crippen LogP contribution < -0.4 is 0 Å². The molecular weight excluding hydrogens is 394 g/mol. The molecular formula is C17H21NO3S4. The second kappa shape index (κ2) is 12.6. The van der Waals surface area contributed by atoms with E-state index in [9.17, 15) is 10.1 Å². The maximum absolute atomic E-state index is 11.8. The van der Waals surface area contributed by atoms with Crippen molar-refractivity contribution in [2.75, 3.05) is 24.7 Å². The fourth-order valence-corrected chi connectivity index (χ4v) is 4.92. The molecule has 0 aromatic heterocycles. The lowest BCUT2D eigenvalue weighted by Gasteiger charge is -2.20. The minimum Gasteiger partial charge on any atom is -0.465 e. The summed E-state index contributed by atoms with van der Waals surface area (Å²) in [6.07, 6.45) is 0.565. The van der Waals surface area contributed by atoms with E-state index in [0.717, 1.165) is 5.56 Å². The first-order valence-corrected chi connectivity index (χ1v) is 11.4. The Kier molecular flexibility index (Phi) is 11.3. The minimum atomic E-state index is -0.766. The Morgan fingerprint density at radius 1 is 1.32 bits per heavy atom. The molecule has 1 atom stereocenters. The molecule has 1 aromatic rings. The van der Waals surface area contributed by atoms with Crippen molar-refractivity contribution in [1.29, 1.82) is 5.26 Å². The molecule has 0 aliphatic carbocycles. The van der Waals surface area contributed by atoms with Gasteiger partial charge in [-0.05, 0) is 18.9 Å². The van der Waals surface area contributed by atoms with E-state index in [2.05, 4.69) is 6.07 Å². The average molecular weight is 416 g/mol. The van der Waals surface area contributed by atoms with Gasteiger partial charge in [0.25, 0.3) is 0 Å². The fourth-order valence-electron chi connectivity index (χ4n) is 1.72. The summed E-state index contributed by atoms with van der Waals surface area (Å²) in [5, 5.41) is 18.1. The van der Waals surface area contributed by atoms with Crippen LogP contribution in [0.3, 0.4) is 0 Å². The largest absolute Gasteiger partial charge is 0.465 e. The quantitative estimate of drug-likeness (QED) is 0.251. The van der Waals surface area contributed by atoms with Crippen molar-refractivity contribution in [3.8, 4) is 6.07 Å². The van der Waals surface area contributed by atoms with Crippen LogP contribution in [0.15, 0.2) is 30.3 Å². The third-order valence-corrected chi connectivity index (χ3v) is 7.06. The number of rotatable bonds is 11. The molecule has 0 aliphatic rings. The first-order valence-electron chi connectivity index (χ1n) is 7.71. The molecule has 25 heavy (non-hydrogen) atoms. The first kappa shape index (κ1) is 22.3. The van der Waals surface area contributed by atoms with Gasteiger partial charge >= 0.3 is 5.97 Å². The lowest BCUT2D eigenvalue weighted by atomic mass is 10.1. The average Bonchev–Trinajstić information content (AvgIpc) is 2.63. The van der Waals surface area contributed by atoms with Gasteiger partial charge in [0.05, 0.1) is 16.9 Å². The normalized spacial score (nSPS) is 12.8. The summed E-state index contributed by atoms with van der Waals surface area (Å²) in [6, 6.07) is 11.8. The highest BCUT2D eigenvalue weighted by molar-refractivity contribution is 8.76. The molecule has 0 spiro atoms. The van der Waals surface area contributed by atoms with E-state index >= 15 is 0 Å². The van der Waals surface area contributed by atoms with Gasteiger partial charge in [-0.1, -0.05) is 75.9 Å². The Balaban J connectivity index is 2.35. The maximum Gasteiger partial charge on any atom is 0.305 e. The smallest absolute Gasteiger partial charge is 0.305 e. The molecule has 0 radical (unpaired) electrons. The summed E-state index contributed by atoms with van der Waals surface area (Å²) in [6.45, 7) is 2.27. The zero-order valence-corrected chi connectivity index (χ0v) is 17.2. The van der Waals surface area contributed by atoms with Gasteiger partial charge in [0.2, 0.25) is 0 Å². The number of benzene rings is 1. The number of carbonyl (C=O) groups is 1. The molecule has 1 aromatic carbocycles. The van der Waals surface area contributed by atoms with Crippen LogP contribution in [0.5, 0.6) is 0 Å². The molecule has 0 aliphatic heterocycles. The zero-order valence-electron chi connectivity index (χ0n) is 14.0. The predicted octanol–water partition coefficient (Wildman–Crippen LogP) is 4.07. The maximum atomic E-state index is 11.8. The number of aliphatic hydroxyl groups is 1. The van der Waals surface area contributed by atoms with Crippen molar-refractivity contribution in [2.24, 2.45) is 0 Å². The number of nitriles is 1. The number of esters is 1. The Bertz CT molecular complexity index is 591. The van der Waals surface area contributed by atoms with E-state index in [1.165, 1.54) is 11.8 Å². The standard InChI is InChI=1S/C17H21NO3S4/c1-17(13-18,25-16(22)14-5-3-2-4-6-14)8-7-15(20)21-10-12-24-23-11-9-19/h2-6,19H,7-12H2,1H3. The number of hydrogen-bond acceptors (Lipinski definition) is 8. The first-order chi connectivity index (χ1) is 12.0. The van der Waals surface area contributed by atoms with Gasteiger partial charge in [-0.25, -0.2) is 0 Å². The zero-order chi connectivity index (χ0) is 18.5. The number of carbonyl (C=O) groups excluding carboxylic acids is 1. The van der Waals surface area contributed by atoms with Crippen LogP contribution in [0.4, 0.5) is 0 Å². The molecule has 0 heterocycles. The Labute approximate surface area is 166 Å². The van der Waals surface area contributed by atoms with Gasteiger partial charge in [0.15, 0.2) is 0 Å². The van der Waals surface area contributed by atoms with Crippen LogP contribution >= 0.6 is 45.6 Å². The van der Waals surface area contributed by atoms with Gasteiger partial charge in [-0.3, -0.25) is 4.79 Å². The molecule has 1 N–H and O–H groups in total. The fraction of sp³-hybridized carbons (Fsp3) is 0.471. The van der Waals surface area contributed by atoms with Crippen LogP contribution in [0, 0.1) is 11.3 Å². The van der Waals surface area contributed by atoms with Crippen LogP contribution in [-0.2, 0) is 9.53 Å². The van der Waals surface area contributed by atoms with Crippen molar-refractivity contribution >= 4 is 55.7 Å². The molecule has 0 bridgehead atoms. The molecule has 0 saturated carbocycles. The highest BCUT2D eigenvalue weighted by atomic mass is 33.1. The molecule has 4 nitrogen and oxygen atoms in total. The van der Waals surface area contributed by atoms with Gasteiger partial charge < -0.3 is 9.84 Å². The number of thiocarbonyl (C=S) groups is 1. The lowest BCUT2D eigenvalue weighted by Crippen LogP contribution is -2.22. The van der Waals surface area contributed by atoms with Gasteiger partial charge in [0.1, 0.15) is 11.4 Å². The van der Waals surface area contributed by atoms with Crippen molar-refractivity contribution in [3.05, 3.63) is 35.9 Å². The third kappa shape index (κ3) is 9.52.